The Labute approximate surface area is 181 Å². The van der Waals surface area contributed by atoms with Crippen LogP contribution in [-0.4, -0.2) is 78.9 Å². The molecule has 0 amide bonds. The maximum absolute atomic E-state index is 13.5. The standard InChI is InChI=1S/C18H25ClN4O3S.CH2O2/c1-13-9-15(19)5-6-17(13)27(24,25)23-7-8-26-16(12-21(2)3)18(23)14-10-20-22(4)11-14;2-1-3/h5-6,9-11,16,18H,7-8,12H2,1-4H3;1H,(H,2,3)/t16-,18-;/m0./s1. The third-order valence-electron chi connectivity index (χ3n) is 4.64. The highest BCUT2D eigenvalue weighted by Gasteiger charge is 2.42. The van der Waals surface area contributed by atoms with Gasteiger partial charge in [0, 0.05) is 36.9 Å². The Balaban J connectivity index is 0.00000101. The van der Waals surface area contributed by atoms with Crippen molar-refractivity contribution in [3.05, 3.63) is 46.7 Å². The van der Waals surface area contributed by atoms with Crippen LogP contribution in [0.3, 0.4) is 0 Å². The number of carbonyl (C=O) groups is 1. The zero-order chi connectivity index (χ0) is 22.5. The lowest BCUT2D eigenvalue weighted by Gasteiger charge is -2.41. The van der Waals surface area contributed by atoms with Gasteiger partial charge in [0.05, 0.1) is 29.8 Å². The van der Waals surface area contributed by atoms with E-state index in [-0.39, 0.29) is 24.0 Å². The van der Waals surface area contributed by atoms with Gasteiger partial charge in [0.1, 0.15) is 0 Å². The number of aromatic nitrogens is 2. The quantitative estimate of drug-likeness (QED) is 0.681. The molecule has 11 heteroatoms. The van der Waals surface area contributed by atoms with Gasteiger partial charge in [-0.1, -0.05) is 11.6 Å². The minimum Gasteiger partial charge on any atom is -0.483 e. The molecule has 2 atom stereocenters. The molecule has 9 nitrogen and oxygen atoms in total. The first kappa shape index (κ1) is 24.3. The smallest absolute Gasteiger partial charge is 0.290 e. The van der Waals surface area contributed by atoms with E-state index < -0.39 is 16.1 Å². The molecule has 1 aromatic heterocycles. The molecule has 1 N–H and O–H groups in total. The fourth-order valence-electron chi connectivity index (χ4n) is 3.49. The normalized spacial score (nSPS) is 19.9. The summed E-state index contributed by atoms with van der Waals surface area (Å²) in [5.74, 6) is 0. The molecule has 1 saturated heterocycles. The molecule has 1 aliphatic heterocycles. The van der Waals surface area contributed by atoms with Crippen molar-refractivity contribution in [2.24, 2.45) is 7.05 Å². The number of hydrogen-bond acceptors (Lipinski definition) is 6. The number of morpholine rings is 1. The van der Waals surface area contributed by atoms with Crippen molar-refractivity contribution in [3.8, 4) is 0 Å². The Bertz CT molecular complexity index is 964. The van der Waals surface area contributed by atoms with Crippen molar-refractivity contribution < 1.29 is 23.1 Å². The third kappa shape index (κ3) is 5.58. The largest absolute Gasteiger partial charge is 0.483 e. The fraction of sp³-hybridized carbons (Fsp3) is 0.474. The van der Waals surface area contributed by atoms with Gasteiger partial charge in [-0.05, 0) is 44.8 Å². The highest BCUT2D eigenvalue weighted by Crippen LogP contribution is 2.35. The van der Waals surface area contributed by atoms with E-state index in [1.165, 1.54) is 4.31 Å². The Kier molecular flexibility index (Phi) is 8.39. The number of benzene rings is 1. The van der Waals surface area contributed by atoms with Crippen LogP contribution in [0.5, 0.6) is 0 Å². The van der Waals surface area contributed by atoms with Crippen LogP contribution in [0.2, 0.25) is 5.02 Å². The summed E-state index contributed by atoms with van der Waals surface area (Å²) in [7, 11) is 1.98. The van der Waals surface area contributed by atoms with Gasteiger partial charge in [-0.3, -0.25) is 9.48 Å². The lowest BCUT2D eigenvalue weighted by Crippen LogP contribution is -2.51. The van der Waals surface area contributed by atoms with Crippen LogP contribution in [0, 0.1) is 6.92 Å². The van der Waals surface area contributed by atoms with E-state index in [1.54, 1.807) is 36.0 Å². The molecule has 0 radical (unpaired) electrons. The summed E-state index contributed by atoms with van der Waals surface area (Å²) < 4.78 is 36.2. The minimum absolute atomic E-state index is 0.250. The summed E-state index contributed by atoms with van der Waals surface area (Å²) in [5, 5.41) is 11.6. The Hall–Kier alpha value is -1.98. The summed E-state index contributed by atoms with van der Waals surface area (Å²) >= 11 is 6.02. The van der Waals surface area contributed by atoms with Crippen LogP contribution in [0.15, 0.2) is 35.5 Å². The molecule has 0 unspecified atom stereocenters. The number of hydrogen-bond donors (Lipinski definition) is 1. The average molecular weight is 459 g/mol. The van der Waals surface area contributed by atoms with E-state index in [0.29, 0.717) is 23.7 Å². The number of carboxylic acid groups (broad SMARTS) is 1. The van der Waals surface area contributed by atoms with Crippen molar-refractivity contribution >= 4 is 28.1 Å². The van der Waals surface area contributed by atoms with Crippen molar-refractivity contribution in [3.63, 3.8) is 0 Å². The van der Waals surface area contributed by atoms with Crippen molar-refractivity contribution in [1.82, 2.24) is 19.0 Å². The van der Waals surface area contributed by atoms with Gasteiger partial charge in [0.15, 0.2) is 0 Å². The number of aryl methyl sites for hydroxylation is 2. The van der Waals surface area contributed by atoms with E-state index in [4.69, 9.17) is 26.2 Å². The molecule has 30 heavy (non-hydrogen) atoms. The Morgan fingerprint density at radius 1 is 1.40 bits per heavy atom. The first-order valence-corrected chi connectivity index (χ1v) is 11.0. The lowest BCUT2D eigenvalue weighted by molar-refractivity contribution is -0.122. The van der Waals surface area contributed by atoms with Gasteiger partial charge in [-0.2, -0.15) is 9.40 Å². The van der Waals surface area contributed by atoms with Crippen molar-refractivity contribution in [1.29, 1.82) is 0 Å². The fourth-order valence-corrected chi connectivity index (χ4v) is 5.55. The molecule has 1 aliphatic rings. The molecule has 2 aromatic rings. The van der Waals surface area contributed by atoms with Crippen LogP contribution >= 0.6 is 11.6 Å². The van der Waals surface area contributed by atoms with Gasteiger partial charge < -0.3 is 14.7 Å². The van der Waals surface area contributed by atoms with Crippen LogP contribution in [-0.2, 0) is 26.6 Å². The van der Waals surface area contributed by atoms with E-state index >= 15 is 0 Å². The van der Waals surface area contributed by atoms with Crippen molar-refractivity contribution in [2.75, 3.05) is 33.8 Å². The first-order valence-electron chi connectivity index (χ1n) is 9.22. The van der Waals surface area contributed by atoms with Gasteiger partial charge in [-0.25, -0.2) is 8.42 Å². The number of rotatable bonds is 5. The molecule has 166 valence electrons. The SMILES string of the molecule is Cc1cc(Cl)ccc1S(=O)(=O)N1CCO[C@@H](CN(C)C)[C@@H]1c1cnn(C)c1.O=CO. The summed E-state index contributed by atoms with van der Waals surface area (Å²) in [4.78, 5) is 10.6. The molecule has 1 aromatic carbocycles. The molecule has 3 rings (SSSR count). The van der Waals surface area contributed by atoms with Crippen LogP contribution < -0.4 is 0 Å². The second-order valence-electron chi connectivity index (χ2n) is 7.19. The maximum Gasteiger partial charge on any atom is 0.290 e. The zero-order valence-electron chi connectivity index (χ0n) is 17.4. The topological polar surface area (TPSA) is 105 Å². The monoisotopic (exact) mass is 458 g/mol. The molecule has 0 spiro atoms. The summed E-state index contributed by atoms with van der Waals surface area (Å²) in [5.41, 5.74) is 1.45. The number of ether oxygens (including phenoxy) is 1. The van der Waals surface area contributed by atoms with Crippen LogP contribution in [0.1, 0.15) is 17.2 Å². The number of halogens is 1. The molecular formula is C19H27ClN4O5S. The van der Waals surface area contributed by atoms with E-state index in [0.717, 1.165) is 5.56 Å². The van der Waals surface area contributed by atoms with Gasteiger partial charge in [0.2, 0.25) is 10.0 Å². The minimum atomic E-state index is -3.73. The van der Waals surface area contributed by atoms with Crippen LogP contribution in [0.25, 0.3) is 0 Å². The highest BCUT2D eigenvalue weighted by molar-refractivity contribution is 7.89. The lowest BCUT2D eigenvalue weighted by atomic mass is 10.0. The first-order chi connectivity index (χ1) is 14.1. The predicted octanol–water partition coefficient (Wildman–Crippen LogP) is 1.78. The second kappa shape index (κ2) is 10.4. The third-order valence-corrected chi connectivity index (χ3v) is 6.92. The molecular weight excluding hydrogens is 432 g/mol. The summed E-state index contributed by atoms with van der Waals surface area (Å²) in [6, 6.07) is 4.41. The van der Waals surface area contributed by atoms with E-state index in [9.17, 15) is 8.42 Å². The summed E-state index contributed by atoms with van der Waals surface area (Å²) in [6.07, 6.45) is 3.26. The molecule has 1 fully saturated rings. The van der Waals surface area contributed by atoms with Crippen LogP contribution in [0.4, 0.5) is 0 Å². The number of sulfonamides is 1. The Morgan fingerprint density at radius 3 is 2.60 bits per heavy atom. The Morgan fingerprint density at radius 2 is 2.07 bits per heavy atom. The van der Waals surface area contributed by atoms with Gasteiger partial charge in [-0.15, -0.1) is 0 Å². The van der Waals surface area contributed by atoms with E-state index in [1.807, 2.05) is 32.2 Å². The molecule has 0 saturated carbocycles. The molecule has 2 heterocycles. The zero-order valence-corrected chi connectivity index (χ0v) is 19.0. The number of likely N-dealkylation sites (N-methyl/N-ethyl adjacent to an activating group) is 1. The number of nitrogens with zero attached hydrogens (tertiary/aromatic N) is 4. The molecule has 0 bridgehead atoms. The van der Waals surface area contributed by atoms with E-state index in [2.05, 4.69) is 5.10 Å². The second-order valence-corrected chi connectivity index (χ2v) is 9.49. The summed E-state index contributed by atoms with van der Waals surface area (Å²) in [6.45, 7) is 2.75. The van der Waals surface area contributed by atoms with Gasteiger partial charge in [0.25, 0.3) is 6.47 Å². The molecule has 0 aliphatic carbocycles. The maximum atomic E-state index is 13.5. The highest BCUT2D eigenvalue weighted by atomic mass is 35.5. The average Bonchev–Trinajstić information content (AvgIpc) is 3.07. The van der Waals surface area contributed by atoms with Crippen molar-refractivity contribution in [2.45, 2.75) is 24.0 Å². The van der Waals surface area contributed by atoms with Gasteiger partial charge >= 0.3 is 0 Å². The predicted molar refractivity (Wildman–Crippen MR) is 113 cm³/mol.